The quantitative estimate of drug-likeness (QED) is 0.536. The lowest BCUT2D eigenvalue weighted by atomic mass is 10.1. The normalized spacial score (nSPS) is 16.7. The SMILES string of the molecule is Fc1cc(-n2ccc3cnc(Nc4ccncn4)nc32)cc(F)c1C1CNCCO1. The standard InChI is InChI=1S/C20H17F2N7O/c21-14-7-13(8-15(22)18(14)16-10-23-4-6-30-16)29-5-2-12-9-25-20(28-19(12)29)27-17-1-3-24-11-26-17/h1-3,5,7-9,11,16,23H,4,6,10H2,(H,24,25,26,27,28). The summed E-state index contributed by atoms with van der Waals surface area (Å²) in [7, 11) is 0. The number of nitrogens with one attached hydrogen (secondary N) is 2. The van der Waals surface area contributed by atoms with E-state index in [2.05, 4.69) is 30.6 Å². The Kier molecular flexibility index (Phi) is 4.77. The van der Waals surface area contributed by atoms with Crippen molar-refractivity contribution in [2.24, 2.45) is 0 Å². The fraction of sp³-hybridized carbons (Fsp3) is 0.200. The van der Waals surface area contributed by atoms with Crippen LogP contribution in [0.15, 0.2) is 49.2 Å². The number of nitrogens with zero attached hydrogens (tertiary/aromatic N) is 5. The van der Waals surface area contributed by atoms with Crippen LogP contribution in [0, 0.1) is 11.6 Å². The van der Waals surface area contributed by atoms with Crippen molar-refractivity contribution in [1.82, 2.24) is 29.8 Å². The maximum absolute atomic E-state index is 14.8. The molecule has 1 saturated heterocycles. The Morgan fingerprint density at radius 2 is 2.03 bits per heavy atom. The number of rotatable bonds is 4. The molecule has 0 bridgehead atoms. The van der Waals surface area contributed by atoms with Crippen LogP contribution in [-0.4, -0.2) is 44.2 Å². The van der Waals surface area contributed by atoms with Crippen molar-refractivity contribution >= 4 is 22.8 Å². The maximum Gasteiger partial charge on any atom is 0.230 e. The van der Waals surface area contributed by atoms with Crippen LogP contribution in [0.5, 0.6) is 0 Å². The predicted molar refractivity (Wildman–Crippen MR) is 106 cm³/mol. The summed E-state index contributed by atoms with van der Waals surface area (Å²) in [5, 5.41) is 6.79. The summed E-state index contributed by atoms with van der Waals surface area (Å²) >= 11 is 0. The molecule has 1 aliphatic rings. The molecule has 1 fully saturated rings. The first-order valence-electron chi connectivity index (χ1n) is 9.38. The third-order valence-corrected chi connectivity index (χ3v) is 4.84. The van der Waals surface area contributed by atoms with Crippen LogP contribution in [0.2, 0.25) is 0 Å². The summed E-state index contributed by atoms with van der Waals surface area (Å²) in [6.07, 6.45) is 5.67. The van der Waals surface area contributed by atoms with Gasteiger partial charge in [-0.25, -0.2) is 23.7 Å². The lowest BCUT2D eigenvalue weighted by Gasteiger charge is -2.25. The minimum absolute atomic E-state index is 0.0665. The van der Waals surface area contributed by atoms with Crippen LogP contribution in [0.4, 0.5) is 20.5 Å². The molecule has 1 aliphatic heterocycles. The van der Waals surface area contributed by atoms with Gasteiger partial charge < -0.3 is 19.9 Å². The number of halogens is 2. The summed E-state index contributed by atoms with van der Waals surface area (Å²) in [5.74, 6) is -0.478. The summed E-state index contributed by atoms with van der Waals surface area (Å²) in [6, 6.07) is 6.03. The average Bonchev–Trinajstić information content (AvgIpc) is 3.18. The van der Waals surface area contributed by atoms with E-state index in [0.717, 1.165) is 5.39 Å². The molecule has 0 aliphatic carbocycles. The zero-order valence-corrected chi connectivity index (χ0v) is 15.7. The van der Waals surface area contributed by atoms with Gasteiger partial charge in [-0.15, -0.1) is 0 Å². The molecule has 0 radical (unpaired) electrons. The van der Waals surface area contributed by atoms with Gasteiger partial charge in [0, 0.05) is 37.1 Å². The molecule has 0 amide bonds. The summed E-state index contributed by atoms with van der Waals surface area (Å²) in [6.45, 7) is 1.44. The summed E-state index contributed by atoms with van der Waals surface area (Å²) < 4.78 is 36.8. The lowest BCUT2D eigenvalue weighted by molar-refractivity contribution is 0.0232. The van der Waals surface area contributed by atoms with Crippen molar-refractivity contribution in [3.05, 3.63) is 66.4 Å². The van der Waals surface area contributed by atoms with Gasteiger partial charge in [0.05, 0.1) is 17.9 Å². The van der Waals surface area contributed by atoms with Gasteiger partial charge in [-0.3, -0.25) is 0 Å². The first-order chi connectivity index (χ1) is 14.7. The van der Waals surface area contributed by atoms with Crippen molar-refractivity contribution in [3.8, 4) is 5.69 Å². The smallest absolute Gasteiger partial charge is 0.230 e. The van der Waals surface area contributed by atoms with Gasteiger partial charge in [0.25, 0.3) is 0 Å². The van der Waals surface area contributed by atoms with Gasteiger partial charge in [-0.05, 0) is 24.3 Å². The molecule has 2 N–H and O–H groups in total. The number of aromatic nitrogens is 5. The largest absolute Gasteiger partial charge is 0.371 e. The fourth-order valence-electron chi connectivity index (χ4n) is 3.43. The van der Waals surface area contributed by atoms with Crippen LogP contribution < -0.4 is 10.6 Å². The molecule has 3 aromatic heterocycles. The molecular weight excluding hydrogens is 392 g/mol. The zero-order valence-electron chi connectivity index (χ0n) is 15.7. The van der Waals surface area contributed by atoms with Crippen LogP contribution in [-0.2, 0) is 4.74 Å². The number of anilines is 2. The molecule has 4 aromatic rings. The molecule has 30 heavy (non-hydrogen) atoms. The topological polar surface area (TPSA) is 89.8 Å². The van der Waals surface area contributed by atoms with Crippen LogP contribution >= 0.6 is 0 Å². The van der Waals surface area contributed by atoms with E-state index in [1.165, 1.54) is 18.5 Å². The van der Waals surface area contributed by atoms with E-state index in [1.807, 2.05) is 0 Å². The summed E-state index contributed by atoms with van der Waals surface area (Å²) in [4.78, 5) is 16.7. The van der Waals surface area contributed by atoms with Gasteiger partial charge in [0.15, 0.2) is 0 Å². The molecule has 8 nitrogen and oxygen atoms in total. The highest BCUT2D eigenvalue weighted by Crippen LogP contribution is 2.29. The number of hydrogen-bond donors (Lipinski definition) is 2. The molecular formula is C20H17F2N7O. The van der Waals surface area contributed by atoms with Gasteiger partial charge >= 0.3 is 0 Å². The van der Waals surface area contributed by atoms with Gasteiger partial charge in [-0.2, -0.15) is 4.98 Å². The zero-order chi connectivity index (χ0) is 20.5. The van der Waals surface area contributed by atoms with Gasteiger partial charge in [-0.1, -0.05) is 0 Å². The maximum atomic E-state index is 14.8. The van der Waals surface area contributed by atoms with Crippen molar-refractivity contribution < 1.29 is 13.5 Å². The third-order valence-electron chi connectivity index (χ3n) is 4.84. The van der Waals surface area contributed by atoms with E-state index in [4.69, 9.17) is 4.74 Å². The first kappa shape index (κ1) is 18.5. The predicted octanol–water partition coefficient (Wildman–Crippen LogP) is 2.89. The molecule has 0 saturated carbocycles. The Morgan fingerprint density at radius 1 is 1.17 bits per heavy atom. The molecule has 0 spiro atoms. The van der Waals surface area contributed by atoms with E-state index >= 15 is 0 Å². The van der Waals surface area contributed by atoms with Crippen molar-refractivity contribution in [1.29, 1.82) is 0 Å². The second-order valence-corrected chi connectivity index (χ2v) is 6.76. The number of benzene rings is 1. The Labute approximate surface area is 170 Å². The van der Waals surface area contributed by atoms with E-state index in [9.17, 15) is 8.78 Å². The van der Waals surface area contributed by atoms with Crippen LogP contribution in [0.3, 0.4) is 0 Å². The molecule has 1 aromatic carbocycles. The van der Waals surface area contributed by atoms with Crippen molar-refractivity contribution in [2.45, 2.75) is 6.10 Å². The lowest BCUT2D eigenvalue weighted by Crippen LogP contribution is -2.34. The molecule has 1 unspecified atom stereocenters. The Morgan fingerprint density at radius 3 is 2.77 bits per heavy atom. The van der Waals surface area contributed by atoms with E-state index in [-0.39, 0.29) is 5.56 Å². The second kappa shape index (κ2) is 7.73. The monoisotopic (exact) mass is 409 g/mol. The van der Waals surface area contributed by atoms with Crippen molar-refractivity contribution in [2.75, 3.05) is 25.0 Å². The van der Waals surface area contributed by atoms with Gasteiger partial charge in [0.2, 0.25) is 5.95 Å². The Balaban J connectivity index is 1.52. The molecule has 4 heterocycles. The minimum atomic E-state index is -0.658. The van der Waals surface area contributed by atoms with Gasteiger partial charge in [0.1, 0.15) is 35.5 Å². The molecule has 152 valence electrons. The summed E-state index contributed by atoms with van der Waals surface area (Å²) in [5.41, 5.74) is 0.756. The van der Waals surface area contributed by atoms with E-state index in [1.54, 1.807) is 35.3 Å². The van der Waals surface area contributed by atoms with Crippen LogP contribution in [0.1, 0.15) is 11.7 Å². The Bertz CT molecular complexity index is 1170. The molecule has 1 atom stereocenters. The fourth-order valence-corrected chi connectivity index (χ4v) is 3.43. The Hall–Kier alpha value is -3.50. The highest BCUT2D eigenvalue weighted by molar-refractivity contribution is 5.78. The highest BCUT2D eigenvalue weighted by Gasteiger charge is 2.24. The number of fused-ring (bicyclic) bond motifs is 1. The first-order valence-corrected chi connectivity index (χ1v) is 9.38. The number of ether oxygens (including phenoxy) is 1. The third kappa shape index (κ3) is 3.46. The molecule has 5 rings (SSSR count). The second-order valence-electron chi connectivity index (χ2n) is 6.76. The van der Waals surface area contributed by atoms with Crippen molar-refractivity contribution in [3.63, 3.8) is 0 Å². The van der Waals surface area contributed by atoms with Crippen LogP contribution in [0.25, 0.3) is 16.7 Å². The molecule has 10 heteroatoms. The number of morpholine rings is 1. The average molecular weight is 409 g/mol. The van der Waals surface area contributed by atoms with E-state index in [0.29, 0.717) is 42.8 Å². The minimum Gasteiger partial charge on any atom is -0.371 e. The van der Waals surface area contributed by atoms with E-state index < -0.39 is 17.7 Å². The number of hydrogen-bond acceptors (Lipinski definition) is 7. The highest BCUT2D eigenvalue weighted by atomic mass is 19.1.